The number of carbonyl (C=O) groups excluding carboxylic acids is 1. The molecule has 0 radical (unpaired) electrons. The lowest BCUT2D eigenvalue weighted by molar-refractivity contribution is -0.121. The molecule has 25 heavy (non-hydrogen) atoms. The van der Waals surface area contributed by atoms with Crippen molar-refractivity contribution in [2.45, 2.75) is 19.0 Å². The number of nitrogens with zero attached hydrogens (tertiary/aromatic N) is 2. The third-order valence-corrected chi connectivity index (χ3v) is 4.45. The Morgan fingerprint density at radius 1 is 1.16 bits per heavy atom. The molecule has 0 bridgehead atoms. The van der Waals surface area contributed by atoms with Crippen LogP contribution in [0, 0.1) is 11.6 Å². The summed E-state index contributed by atoms with van der Waals surface area (Å²) in [4.78, 5) is 16.5. The number of hydrogen-bond donors (Lipinski definition) is 1. The van der Waals surface area contributed by atoms with Crippen LogP contribution in [0.2, 0.25) is 0 Å². The Morgan fingerprint density at radius 3 is 2.84 bits per heavy atom. The Balaban J connectivity index is 1.47. The summed E-state index contributed by atoms with van der Waals surface area (Å²) in [6, 6.07) is 11.4. The molecule has 6 heteroatoms. The van der Waals surface area contributed by atoms with Crippen LogP contribution in [0.4, 0.5) is 8.78 Å². The third kappa shape index (κ3) is 2.80. The van der Waals surface area contributed by atoms with E-state index >= 15 is 0 Å². The van der Waals surface area contributed by atoms with Gasteiger partial charge in [-0.15, -0.1) is 0 Å². The van der Waals surface area contributed by atoms with Gasteiger partial charge in [-0.3, -0.25) is 4.79 Å². The maximum absolute atomic E-state index is 13.2. The molecule has 1 atom stereocenters. The summed E-state index contributed by atoms with van der Waals surface area (Å²) in [7, 11) is 0. The van der Waals surface area contributed by atoms with Gasteiger partial charge in [0, 0.05) is 12.1 Å². The van der Waals surface area contributed by atoms with Crippen LogP contribution in [0.5, 0.6) is 0 Å². The van der Waals surface area contributed by atoms with Gasteiger partial charge in [0.15, 0.2) is 11.6 Å². The molecule has 1 aliphatic heterocycles. The van der Waals surface area contributed by atoms with Crippen LogP contribution < -0.4 is 5.32 Å². The molecule has 1 amide bonds. The Kier molecular flexibility index (Phi) is 3.80. The number of amides is 1. The highest BCUT2D eigenvalue weighted by molar-refractivity contribution is 5.79. The van der Waals surface area contributed by atoms with E-state index in [1.165, 1.54) is 6.07 Å². The van der Waals surface area contributed by atoms with Gasteiger partial charge in [-0.2, -0.15) is 0 Å². The summed E-state index contributed by atoms with van der Waals surface area (Å²) in [5, 5.41) is 2.76. The molecule has 1 aliphatic rings. The van der Waals surface area contributed by atoms with Gasteiger partial charge in [-0.1, -0.05) is 30.3 Å². The highest BCUT2D eigenvalue weighted by Gasteiger charge is 2.29. The zero-order valence-corrected chi connectivity index (χ0v) is 13.2. The number of halogens is 2. The average molecular weight is 339 g/mol. The predicted molar refractivity (Wildman–Crippen MR) is 88.6 cm³/mol. The van der Waals surface area contributed by atoms with Crippen molar-refractivity contribution in [3.05, 3.63) is 77.8 Å². The van der Waals surface area contributed by atoms with E-state index in [4.69, 9.17) is 0 Å². The van der Waals surface area contributed by atoms with Crippen molar-refractivity contribution in [1.82, 2.24) is 14.9 Å². The molecule has 126 valence electrons. The number of benzene rings is 2. The van der Waals surface area contributed by atoms with E-state index in [0.717, 1.165) is 29.0 Å². The van der Waals surface area contributed by atoms with E-state index in [2.05, 4.69) is 10.3 Å². The van der Waals surface area contributed by atoms with Gasteiger partial charge in [0.2, 0.25) is 5.91 Å². The minimum atomic E-state index is -0.917. The lowest BCUT2D eigenvalue weighted by Crippen LogP contribution is -2.25. The van der Waals surface area contributed by atoms with Crippen LogP contribution in [0.25, 0.3) is 11.3 Å². The summed E-state index contributed by atoms with van der Waals surface area (Å²) >= 11 is 0. The van der Waals surface area contributed by atoms with E-state index < -0.39 is 11.6 Å². The number of nitrogens with one attached hydrogen (secondary N) is 1. The molecule has 4 rings (SSSR count). The standard InChI is InChI=1S/C19H15F2N3O/c20-15-6-5-12(7-16(15)21)9-23-19(25)8-17-13-3-1-2-4-14(13)18-10-22-11-24(17)18/h1-7,10-11,17H,8-9H2,(H,23,25). The van der Waals surface area contributed by atoms with E-state index in [-0.39, 0.29) is 24.9 Å². The topological polar surface area (TPSA) is 46.9 Å². The molecular formula is C19H15F2N3O. The number of fused-ring (bicyclic) bond motifs is 3. The summed E-state index contributed by atoms with van der Waals surface area (Å²) in [5.74, 6) is -1.98. The quantitative estimate of drug-likeness (QED) is 0.791. The molecule has 1 aromatic heterocycles. The molecule has 2 aromatic carbocycles. The number of rotatable bonds is 4. The Labute approximate surface area is 143 Å². The molecule has 0 saturated carbocycles. The zero-order valence-electron chi connectivity index (χ0n) is 13.2. The number of hydrogen-bond acceptors (Lipinski definition) is 2. The van der Waals surface area contributed by atoms with Gasteiger partial charge >= 0.3 is 0 Å². The van der Waals surface area contributed by atoms with E-state index in [0.29, 0.717) is 5.56 Å². The molecule has 3 aromatic rings. The highest BCUT2D eigenvalue weighted by Crippen LogP contribution is 2.40. The van der Waals surface area contributed by atoms with Gasteiger partial charge in [-0.25, -0.2) is 13.8 Å². The van der Waals surface area contributed by atoms with Gasteiger partial charge in [0.1, 0.15) is 0 Å². The lowest BCUT2D eigenvalue weighted by atomic mass is 10.0. The molecule has 1 unspecified atom stereocenters. The highest BCUT2D eigenvalue weighted by atomic mass is 19.2. The molecule has 1 N–H and O–H groups in total. The maximum Gasteiger partial charge on any atom is 0.222 e. The van der Waals surface area contributed by atoms with Crippen LogP contribution >= 0.6 is 0 Å². The molecule has 2 heterocycles. The number of imidazole rings is 1. The largest absolute Gasteiger partial charge is 0.352 e. The second kappa shape index (κ2) is 6.12. The van der Waals surface area contributed by atoms with Crippen LogP contribution in [0.3, 0.4) is 0 Å². The van der Waals surface area contributed by atoms with E-state index in [1.807, 2.05) is 28.8 Å². The van der Waals surface area contributed by atoms with Gasteiger partial charge < -0.3 is 9.88 Å². The monoisotopic (exact) mass is 339 g/mol. The first kappa shape index (κ1) is 15.5. The van der Waals surface area contributed by atoms with Crippen molar-refractivity contribution >= 4 is 5.91 Å². The fourth-order valence-electron chi connectivity index (χ4n) is 3.24. The van der Waals surface area contributed by atoms with Crippen LogP contribution in [0.15, 0.2) is 55.0 Å². The fraction of sp³-hybridized carbons (Fsp3) is 0.158. The van der Waals surface area contributed by atoms with Gasteiger partial charge in [-0.05, 0) is 23.3 Å². The van der Waals surface area contributed by atoms with E-state index in [9.17, 15) is 13.6 Å². The molecular weight excluding hydrogens is 324 g/mol. The van der Waals surface area contributed by atoms with Gasteiger partial charge in [0.05, 0.1) is 30.7 Å². The maximum atomic E-state index is 13.2. The first-order valence-electron chi connectivity index (χ1n) is 7.95. The SMILES string of the molecule is O=C(CC1c2ccccc2-c2cncn21)NCc1ccc(F)c(F)c1. The van der Waals surface area contributed by atoms with Crippen molar-refractivity contribution in [3.63, 3.8) is 0 Å². The Bertz CT molecular complexity index is 951. The second-order valence-corrected chi connectivity index (χ2v) is 6.02. The Hall–Kier alpha value is -3.02. The second-order valence-electron chi connectivity index (χ2n) is 6.02. The first-order chi connectivity index (χ1) is 12.1. The van der Waals surface area contributed by atoms with Crippen molar-refractivity contribution < 1.29 is 13.6 Å². The van der Waals surface area contributed by atoms with Crippen LogP contribution in [-0.4, -0.2) is 15.5 Å². The lowest BCUT2D eigenvalue weighted by Gasteiger charge is -2.14. The fourth-order valence-corrected chi connectivity index (χ4v) is 3.24. The van der Waals surface area contributed by atoms with E-state index in [1.54, 1.807) is 12.5 Å². The molecule has 0 fully saturated rings. The third-order valence-electron chi connectivity index (χ3n) is 4.45. The van der Waals surface area contributed by atoms with Crippen molar-refractivity contribution in [2.75, 3.05) is 0 Å². The molecule has 0 spiro atoms. The normalized spacial score (nSPS) is 14.9. The van der Waals surface area contributed by atoms with Gasteiger partial charge in [0.25, 0.3) is 0 Å². The average Bonchev–Trinajstić information content (AvgIpc) is 3.19. The number of aromatic nitrogens is 2. The summed E-state index contributed by atoms with van der Waals surface area (Å²) < 4.78 is 28.2. The smallest absolute Gasteiger partial charge is 0.222 e. The van der Waals surface area contributed by atoms with Crippen LogP contribution in [0.1, 0.15) is 23.6 Å². The molecule has 0 saturated heterocycles. The first-order valence-corrected chi connectivity index (χ1v) is 7.95. The van der Waals surface area contributed by atoms with Crippen molar-refractivity contribution in [3.8, 4) is 11.3 Å². The number of carbonyl (C=O) groups is 1. The molecule has 4 nitrogen and oxygen atoms in total. The van der Waals surface area contributed by atoms with Crippen LogP contribution in [-0.2, 0) is 11.3 Å². The summed E-state index contributed by atoms with van der Waals surface area (Å²) in [6.45, 7) is 0.154. The summed E-state index contributed by atoms with van der Waals surface area (Å²) in [6.07, 6.45) is 3.77. The Morgan fingerprint density at radius 2 is 2.00 bits per heavy atom. The minimum Gasteiger partial charge on any atom is -0.352 e. The van der Waals surface area contributed by atoms with Crippen molar-refractivity contribution in [1.29, 1.82) is 0 Å². The van der Waals surface area contributed by atoms with Crippen molar-refractivity contribution in [2.24, 2.45) is 0 Å². The predicted octanol–water partition coefficient (Wildman–Crippen LogP) is 3.44. The zero-order chi connectivity index (χ0) is 17.4. The summed E-state index contributed by atoms with van der Waals surface area (Å²) in [5.41, 5.74) is 3.68. The molecule has 0 aliphatic carbocycles. The minimum absolute atomic E-state index is 0.112.